The second-order valence-electron chi connectivity index (χ2n) is 6.82. The summed E-state index contributed by atoms with van der Waals surface area (Å²) in [5, 5.41) is 3.44. The van der Waals surface area contributed by atoms with Gasteiger partial charge in [-0.1, -0.05) is 37.3 Å². The maximum absolute atomic E-state index is 13.0. The molecule has 0 saturated heterocycles. The van der Waals surface area contributed by atoms with Crippen LogP contribution in [0.1, 0.15) is 52.4 Å². The summed E-state index contributed by atoms with van der Waals surface area (Å²) >= 11 is 6.32. The highest BCUT2D eigenvalue weighted by molar-refractivity contribution is 6.32. The lowest BCUT2D eigenvalue weighted by Gasteiger charge is -2.31. The number of methoxy groups -OCH3 is 1. The summed E-state index contributed by atoms with van der Waals surface area (Å²) in [5.41, 5.74) is -0.0880. The zero-order chi connectivity index (χ0) is 19.0. The van der Waals surface area contributed by atoms with Gasteiger partial charge in [-0.15, -0.1) is 0 Å². The molecule has 0 aliphatic heterocycles. The smallest absolute Gasteiger partial charge is 0.256 e. The SMILES string of the molecule is CCOC1(C(=O)Nc2ccc(O[C@@H](C)COC)c(Cl)c2)CCCCCC1. The van der Waals surface area contributed by atoms with Gasteiger partial charge in [0.1, 0.15) is 17.5 Å². The van der Waals surface area contributed by atoms with Gasteiger partial charge in [0.2, 0.25) is 0 Å². The summed E-state index contributed by atoms with van der Waals surface area (Å²) in [7, 11) is 1.63. The molecule has 1 N–H and O–H groups in total. The Morgan fingerprint density at radius 2 is 1.96 bits per heavy atom. The first-order valence-electron chi connectivity index (χ1n) is 9.41. The van der Waals surface area contributed by atoms with Crippen molar-refractivity contribution in [2.45, 2.75) is 64.1 Å². The molecule has 0 bridgehead atoms. The lowest BCUT2D eigenvalue weighted by Crippen LogP contribution is -2.45. The number of anilines is 1. The minimum atomic E-state index is -0.736. The summed E-state index contributed by atoms with van der Waals surface area (Å²) in [6.07, 6.45) is 5.74. The van der Waals surface area contributed by atoms with Crippen LogP contribution in [0.5, 0.6) is 5.75 Å². The van der Waals surface area contributed by atoms with Gasteiger partial charge < -0.3 is 19.5 Å². The first-order valence-corrected chi connectivity index (χ1v) is 9.79. The van der Waals surface area contributed by atoms with Crippen molar-refractivity contribution in [3.8, 4) is 5.75 Å². The van der Waals surface area contributed by atoms with Gasteiger partial charge in [0, 0.05) is 19.4 Å². The Labute approximate surface area is 161 Å². The highest BCUT2D eigenvalue weighted by atomic mass is 35.5. The number of hydrogen-bond donors (Lipinski definition) is 1. The largest absolute Gasteiger partial charge is 0.487 e. The molecule has 1 amide bonds. The standard InChI is InChI=1S/C20H30ClNO4/c1-4-25-20(11-7-5-6-8-12-20)19(23)22-16-9-10-18(17(21)13-16)26-15(2)14-24-3/h9-10,13,15H,4-8,11-12,14H2,1-3H3,(H,22,23)/t15-/m0/s1. The van der Waals surface area contributed by atoms with Crippen molar-refractivity contribution in [2.24, 2.45) is 0 Å². The Bertz CT molecular complexity index is 585. The van der Waals surface area contributed by atoms with Crippen molar-refractivity contribution in [1.82, 2.24) is 0 Å². The number of benzene rings is 1. The fourth-order valence-electron chi connectivity index (χ4n) is 3.42. The normalized spacial score (nSPS) is 18.0. The van der Waals surface area contributed by atoms with Crippen LogP contribution in [0.25, 0.3) is 0 Å². The Balaban J connectivity index is 2.08. The minimum Gasteiger partial charge on any atom is -0.487 e. The molecule has 0 unspecified atom stereocenters. The van der Waals surface area contributed by atoms with E-state index in [2.05, 4.69) is 5.32 Å². The second-order valence-corrected chi connectivity index (χ2v) is 7.23. The predicted octanol–water partition coefficient (Wildman–Crippen LogP) is 4.82. The van der Waals surface area contributed by atoms with Crippen LogP contribution in [0.2, 0.25) is 5.02 Å². The molecule has 1 saturated carbocycles. The number of halogens is 1. The van der Waals surface area contributed by atoms with Crippen molar-refractivity contribution >= 4 is 23.2 Å². The van der Waals surface area contributed by atoms with Crippen LogP contribution in [0, 0.1) is 0 Å². The van der Waals surface area contributed by atoms with Gasteiger partial charge in [0.15, 0.2) is 0 Å². The summed E-state index contributed by atoms with van der Waals surface area (Å²) in [5.74, 6) is 0.488. The number of carbonyl (C=O) groups excluding carboxylic acids is 1. The van der Waals surface area contributed by atoms with Gasteiger partial charge in [-0.2, -0.15) is 0 Å². The Kier molecular flexibility index (Phi) is 8.19. The highest BCUT2D eigenvalue weighted by Gasteiger charge is 2.39. The van der Waals surface area contributed by atoms with Crippen LogP contribution in [-0.2, 0) is 14.3 Å². The first-order chi connectivity index (χ1) is 12.5. The number of hydrogen-bond acceptors (Lipinski definition) is 4. The molecule has 0 heterocycles. The van der Waals surface area contributed by atoms with Gasteiger partial charge in [-0.25, -0.2) is 0 Å². The molecule has 2 rings (SSSR count). The molecular weight excluding hydrogens is 354 g/mol. The van der Waals surface area contributed by atoms with E-state index in [4.69, 9.17) is 25.8 Å². The minimum absolute atomic E-state index is 0.0845. The lowest BCUT2D eigenvalue weighted by molar-refractivity contribution is -0.143. The average molecular weight is 384 g/mol. The van der Waals surface area contributed by atoms with Gasteiger partial charge in [-0.05, 0) is 44.9 Å². The van der Waals surface area contributed by atoms with E-state index in [0.717, 1.165) is 38.5 Å². The summed E-state index contributed by atoms with van der Waals surface area (Å²) in [6, 6.07) is 5.28. The van der Waals surface area contributed by atoms with Crippen molar-refractivity contribution in [3.63, 3.8) is 0 Å². The fourth-order valence-corrected chi connectivity index (χ4v) is 3.64. The Morgan fingerprint density at radius 1 is 1.27 bits per heavy atom. The monoisotopic (exact) mass is 383 g/mol. The van der Waals surface area contributed by atoms with Crippen molar-refractivity contribution in [3.05, 3.63) is 23.2 Å². The van der Waals surface area contributed by atoms with E-state index in [1.807, 2.05) is 13.8 Å². The molecule has 5 nitrogen and oxygen atoms in total. The molecule has 6 heteroatoms. The quantitative estimate of drug-likeness (QED) is 0.654. The summed E-state index contributed by atoms with van der Waals surface area (Å²) < 4.78 is 16.7. The van der Waals surface area contributed by atoms with Crippen molar-refractivity contribution in [2.75, 3.05) is 25.6 Å². The third-order valence-electron chi connectivity index (χ3n) is 4.66. The third-order valence-corrected chi connectivity index (χ3v) is 4.96. The van der Waals surface area contributed by atoms with E-state index < -0.39 is 5.60 Å². The van der Waals surface area contributed by atoms with E-state index in [1.165, 1.54) is 0 Å². The van der Waals surface area contributed by atoms with Crippen molar-refractivity contribution < 1.29 is 19.0 Å². The van der Waals surface area contributed by atoms with Crippen LogP contribution in [0.15, 0.2) is 18.2 Å². The molecule has 1 aromatic carbocycles. The van der Waals surface area contributed by atoms with Gasteiger partial charge in [0.05, 0.1) is 11.6 Å². The van der Waals surface area contributed by atoms with Gasteiger partial charge in [-0.3, -0.25) is 4.79 Å². The number of carbonyl (C=O) groups is 1. The zero-order valence-corrected chi connectivity index (χ0v) is 16.7. The molecule has 0 spiro atoms. The van der Waals surface area contributed by atoms with Crippen LogP contribution in [-0.4, -0.2) is 37.9 Å². The van der Waals surface area contributed by atoms with E-state index in [-0.39, 0.29) is 12.0 Å². The van der Waals surface area contributed by atoms with E-state index in [0.29, 0.717) is 29.7 Å². The molecule has 146 valence electrons. The van der Waals surface area contributed by atoms with E-state index in [9.17, 15) is 4.79 Å². The molecule has 1 aliphatic carbocycles. The zero-order valence-electron chi connectivity index (χ0n) is 16.0. The molecule has 1 aliphatic rings. The fraction of sp³-hybridized carbons (Fsp3) is 0.650. The summed E-state index contributed by atoms with van der Waals surface area (Å²) in [6.45, 7) is 4.85. The molecule has 1 aromatic rings. The maximum atomic E-state index is 13.0. The molecule has 0 aromatic heterocycles. The summed E-state index contributed by atoms with van der Waals surface area (Å²) in [4.78, 5) is 13.0. The average Bonchev–Trinajstić information content (AvgIpc) is 2.84. The van der Waals surface area contributed by atoms with Crippen molar-refractivity contribution in [1.29, 1.82) is 0 Å². The molecular formula is C20H30ClNO4. The number of amides is 1. The lowest BCUT2D eigenvalue weighted by atomic mass is 9.93. The molecule has 26 heavy (non-hydrogen) atoms. The second kappa shape index (κ2) is 10.1. The van der Waals surface area contributed by atoms with E-state index in [1.54, 1.807) is 25.3 Å². The molecule has 1 fully saturated rings. The molecule has 1 atom stereocenters. The maximum Gasteiger partial charge on any atom is 0.256 e. The number of nitrogens with one attached hydrogen (secondary N) is 1. The number of rotatable bonds is 8. The molecule has 0 radical (unpaired) electrons. The highest BCUT2D eigenvalue weighted by Crippen LogP contribution is 2.33. The van der Waals surface area contributed by atoms with E-state index >= 15 is 0 Å². The predicted molar refractivity (Wildman–Crippen MR) is 104 cm³/mol. The van der Waals surface area contributed by atoms with Crippen LogP contribution < -0.4 is 10.1 Å². The first kappa shape index (κ1) is 21.0. The number of ether oxygens (including phenoxy) is 3. The third kappa shape index (κ3) is 5.60. The van der Waals surface area contributed by atoms with Gasteiger partial charge in [0.25, 0.3) is 5.91 Å². The topological polar surface area (TPSA) is 56.8 Å². The van der Waals surface area contributed by atoms with Gasteiger partial charge >= 0.3 is 0 Å². The van der Waals surface area contributed by atoms with Crippen LogP contribution in [0.4, 0.5) is 5.69 Å². The Hall–Kier alpha value is -1.30. The Morgan fingerprint density at radius 3 is 2.54 bits per heavy atom. The van der Waals surface area contributed by atoms with Crippen LogP contribution in [0.3, 0.4) is 0 Å². The van der Waals surface area contributed by atoms with Crippen LogP contribution >= 0.6 is 11.6 Å².